The highest BCUT2D eigenvalue weighted by molar-refractivity contribution is 5.94. The first-order valence-corrected chi connectivity index (χ1v) is 6.46. The molecule has 0 unspecified atom stereocenters. The molecule has 3 N–H and O–H groups in total. The molecule has 0 saturated carbocycles. The van der Waals surface area contributed by atoms with Crippen molar-refractivity contribution in [1.29, 1.82) is 0 Å². The molecule has 0 aliphatic rings. The van der Waals surface area contributed by atoms with Gasteiger partial charge in [0.2, 0.25) is 0 Å². The van der Waals surface area contributed by atoms with E-state index in [1.165, 1.54) is 13.8 Å². The SMILES string of the molecule is CC(C)(NC(=O)Nc1ccccc1C(C)(C)C)C(=O)O. The number of para-hydroxylation sites is 1. The van der Waals surface area contributed by atoms with Gasteiger partial charge < -0.3 is 15.7 Å². The lowest BCUT2D eigenvalue weighted by atomic mass is 9.86. The van der Waals surface area contributed by atoms with Crippen LogP contribution in [0, 0.1) is 0 Å². The summed E-state index contributed by atoms with van der Waals surface area (Å²) < 4.78 is 0. The number of hydrogen-bond donors (Lipinski definition) is 3. The minimum atomic E-state index is -1.32. The number of anilines is 1. The number of carboxylic acids is 1. The first-order valence-electron chi connectivity index (χ1n) is 6.46. The standard InChI is InChI=1S/C15H22N2O3/c1-14(2,3)10-8-6-7-9-11(10)16-13(20)17-15(4,5)12(18)19/h6-9H,1-5H3,(H,18,19)(H2,16,17,20). The minimum absolute atomic E-state index is 0.119. The monoisotopic (exact) mass is 278 g/mol. The molecule has 0 fully saturated rings. The average Bonchev–Trinajstić information content (AvgIpc) is 2.26. The molecular weight excluding hydrogens is 256 g/mol. The molecular formula is C15H22N2O3. The molecule has 110 valence electrons. The first-order chi connectivity index (χ1) is 9.04. The maximum Gasteiger partial charge on any atom is 0.328 e. The van der Waals surface area contributed by atoms with Gasteiger partial charge in [-0.25, -0.2) is 9.59 Å². The average molecular weight is 278 g/mol. The van der Waals surface area contributed by atoms with Gasteiger partial charge in [-0.3, -0.25) is 0 Å². The molecule has 0 bridgehead atoms. The molecule has 1 aromatic rings. The topological polar surface area (TPSA) is 78.4 Å². The largest absolute Gasteiger partial charge is 0.480 e. The molecule has 0 saturated heterocycles. The molecule has 0 radical (unpaired) electrons. The van der Waals surface area contributed by atoms with Crippen LogP contribution in [0.2, 0.25) is 0 Å². The van der Waals surface area contributed by atoms with Crippen LogP contribution in [-0.4, -0.2) is 22.6 Å². The van der Waals surface area contributed by atoms with E-state index in [4.69, 9.17) is 5.11 Å². The number of aliphatic carboxylic acids is 1. The summed E-state index contributed by atoms with van der Waals surface area (Å²) in [4.78, 5) is 22.9. The van der Waals surface area contributed by atoms with Crippen LogP contribution in [0.4, 0.5) is 10.5 Å². The summed E-state index contributed by atoms with van der Waals surface area (Å²) >= 11 is 0. The number of hydrogen-bond acceptors (Lipinski definition) is 2. The van der Waals surface area contributed by atoms with Gasteiger partial charge in [-0.05, 0) is 30.9 Å². The molecule has 0 heterocycles. The number of rotatable bonds is 3. The van der Waals surface area contributed by atoms with Gasteiger partial charge in [0, 0.05) is 5.69 Å². The van der Waals surface area contributed by atoms with E-state index in [1.54, 1.807) is 6.07 Å². The van der Waals surface area contributed by atoms with Gasteiger partial charge in [0.05, 0.1) is 0 Å². The van der Waals surface area contributed by atoms with Gasteiger partial charge in [0.25, 0.3) is 0 Å². The van der Waals surface area contributed by atoms with Gasteiger partial charge in [-0.1, -0.05) is 39.0 Å². The van der Waals surface area contributed by atoms with Crippen LogP contribution in [0.15, 0.2) is 24.3 Å². The quantitative estimate of drug-likeness (QED) is 0.795. The number of carbonyl (C=O) groups excluding carboxylic acids is 1. The van der Waals surface area contributed by atoms with E-state index in [0.717, 1.165) is 5.56 Å². The molecule has 20 heavy (non-hydrogen) atoms. The lowest BCUT2D eigenvalue weighted by molar-refractivity contribution is -0.142. The van der Waals surface area contributed by atoms with Gasteiger partial charge in [-0.15, -0.1) is 0 Å². The second-order valence-corrected chi connectivity index (χ2v) is 6.30. The number of amides is 2. The van der Waals surface area contributed by atoms with Crippen molar-refractivity contribution in [3.8, 4) is 0 Å². The second kappa shape index (κ2) is 5.53. The maximum atomic E-state index is 11.9. The van der Waals surface area contributed by atoms with E-state index >= 15 is 0 Å². The number of benzene rings is 1. The predicted molar refractivity (Wildman–Crippen MR) is 79.0 cm³/mol. The highest BCUT2D eigenvalue weighted by Crippen LogP contribution is 2.29. The van der Waals surface area contributed by atoms with Crippen molar-refractivity contribution in [3.63, 3.8) is 0 Å². The van der Waals surface area contributed by atoms with Crippen LogP contribution in [0.1, 0.15) is 40.2 Å². The zero-order valence-electron chi connectivity index (χ0n) is 12.6. The molecule has 0 aliphatic carbocycles. The highest BCUT2D eigenvalue weighted by Gasteiger charge is 2.29. The summed E-state index contributed by atoms with van der Waals surface area (Å²) in [6, 6.07) is 6.94. The fourth-order valence-electron chi connectivity index (χ4n) is 1.74. The minimum Gasteiger partial charge on any atom is -0.480 e. The lowest BCUT2D eigenvalue weighted by Gasteiger charge is -2.25. The van der Waals surface area contributed by atoms with Gasteiger partial charge in [0.1, 0.15) is 5.54 Å². The van der Waals surface area contributed by atoms with E-state index < -0.39 is 17.5 Å². The smallest absolute Gasteiger partial charge is 0.328 e. The van der Waals surface area contributed by atoms with Crippen LogP contribution in [0.5, 0.6) is 0 Å². The van der Waals surface area contributed by atoms with Crippen molar-refractivity contribution in [3.05, 3.63) is 29.8 Å². The van der Waals surface area contributed by atoms with Crippen molar-refractivity contribution in [2.75, 3.05) is 5.32 Å². The predicted octanol–water partition coefficient (Wildman–Crippen LogP) is 2.97. The lowest BCUT2D eigenvalue weighted by Crippen LogP contribution is -2.51. The van der Waals surface area contributed by atoms with E-state index in [9.17, 15) is 9.59 Å². The van der Waals surface area contributed by atoms with Crippen LogP contribution in [0.25, 0.3) is 0 Å². The van der Waals surface area contributed by atoms with Crippen molar-refractivity contribution < 1.29 is 14.7 Å². The first kappa shape index (κ1) is 16.0. The Bertz CT molecular complexity index is 516. The number of carboxylic acid groups (broad SMARTS) is 1. The molecule has 5 nitrogen and oxygen atoms in total. The fraction of sp³-hybridized carbons (Fsp3) is 0.467. The third-order valence-electron chi connectivity index (χ3n) is 2.94. The summed E-state index contributed by atoms with van der Waals surface area (Å²) in [5.41, 5.74) is 0.231. The summed E-state index contributed by atoms with van der Waals surface area (Å²) in [7, 11) is 0. The van der Waals surface area contributed by atoms with E-state index in [2.05, 4.69) is 10.6 Å². The number of nitrogens with one attached hydrogen (secondary N) is 2. The van der Waals surface area contributed by atoms with Crippen molar-refractivity contribution in [2.24, 2.45) is 0 Å². The van der Waals surface area contributed by atoms with E-state index in [0.29, 0.717) is 5.69 Å². The van der Waals surface area contributed by atoms with Crippen LogP contribution in [0.3, 0.4) is 0 Å². The fourth-order valence-corrected chi connectivity index (χ4v) is 1.74. The van der Waals surface area contributed by atoms with E-state index in [1.807, 2.05) is 39.0 Å². The van der Waals surface area contributed by atoms with Gasteiger partial charge in [-0.2, -0.15) is 0 Å². The highest BCUT2D eigenvalue weighted by atomic mass is 16.4. The molecule has 0 aliphatic heterocycles. The summed E-state index contributed by atoms with van der Waals surface area (Å²) in [6.07, 6.45) is 0. The second-order valence-electron chi connectivity index (χ2n) is 6.30. The third kappa shape index (κ3) is 3.98. The number of carbonyl (C=O) groups is 2. The van der Waals surface area contributed by atoms with Crippen molar-refractivity contribution in [2.45, 2.75) is 45.6 Å². The summed E-state index contributed by atoms with van der Waals surface area (Å²) in [5.74, 6) is -1.09. The molecule has 1 aromatic carbocycles. The summed E-state index contributed by atoms with van der Waals surface area (Å²) in [6.45, 7) is 9.01. The van der Waals surface area contributed by atoms with Crippen LogP contribution in [-0.2, 0) is 10.2 Å². The Morgan fingerprint density at radius 3 is 2.10 bits per heavy atom. The third-order valence-corrected chi connectivity index (χ3v) is 2.94. The molecule has 1 rings (SSSR count). The molecule has 0 aromatic heterocycles. The van der Waals surface area contributed by atoms with E-state index in [-0.39, 0.29) is 5.41 Å². The molecule has 0 spiro atoms. The Balaban J connectivity index is 2.90. The zero-order valence-corrected chi connectivity index (χ0v) is 12.6. The molecule has 5 heteroatoms. The maximum absolute atomic E-state index is 11.9. The number of urea groups is 1. The van der Waals surface area contributed by atoms with Crippen LogP contribution < -0.4 is 10.6 Å². The Morgan fingerprint density at radius 2 is 1.60 bits per heavy atom. The Hall–Kier alpha value is -2.04. The van der Waals surface area contributed by atoms with Crippen molar-refractivity contribution >= 4 is 17.7 Å². The van der Waals surface area contributed by atoms with Gasteiger partial charge in [0.15, 0.2) is 0 Å². The zero-order chi connectivity index (χ0) is 15.6. The molecule has 2 amide bonds. The van der Waals surface area contributed by atoms with Crippen molar-refractivity contribution in [1.82, 2.24) is 5.32 Å². The van der Waals surface area contributed by atoms with Crippen LogP contribution >= 0.6 is 0 Å². The normalized spacial score (nSPS) is 11.8. The van der Waals surface area contributed by atoms with Gasteiger partial charge >= 0.3 is 12.0 Å². The Morgan fingerprint density at radius 1 is 1.05 bits per heavy atom. The Kier molecular flexibility index (Phi) is 4.43. The molecule has 0 atom stereocenters. The summed E-state index contributed by atoms with van der Waals surface area (Å²) in [5, 5.41) is 14.1. The Labute approximate surface area is 119 Å².